The van der Waals surface area contributed by atoms with E-state index in [0.29, 0.717) is 13.0 Å². The Morgan fingerprint density at radius 1 is 0.854 bits per heavy atom. The highest BCUT2D eigenvalue weighted by Crippen LogP contribution is 2.72. The Morgan fingerprint density at radius 3 is 2.10 bits per heavy atom. The highest BCUT2D eigenvalue weighted by molar-refractivity contribution is 6.10. The van der Waals surface area contributed by atoms with Crippen molar-refractivity contribution in [3.8, 4) is 0 Å². The lowest BCUT2D eigenvalue weighted by Gasteiger charge is -2.50. The lowest BCUT2D eigenvalue weighted by atomic mass is 9.51. The summed E-state index contributed by atoms with van der Waals surface area (Å²) in [6, 6.07) is 37.9. The number of carbonyl (C=O) groups is 2. The number of fused-ring (bicyclic) bond motifs is 2. The first-order valence-corrected chi connectivity index (χ1v) is 16.7. The zero-order chi connectivity index (χ0) is 33.0. The van der Waals surface area contributed by atoms with Gasteiger partial charge in [0, 0.05) is 32.0 Å². The number of aliphatic hydroxyl groups is 1. The second kappa shape index (κ2) is 11.8. The molecule has 0 unspecified atom stereocenters. The van der Waals surface area contributed by atoms with Crippen LogP contribution in [0.2, 0.25) is 0 Å². The third kappa shape index (κ3) is 4.24. The summed E-state index contributed by atoms with van der Waals surface area (Å²) in [5, 5.41) is 12.4. The molecular weight excluding hydrogens is 600 g/mol. The first kappa shape index (κ1) is 30.8. The van der Waals surface area contributed by atoms with E-state index >= 15 is 0 Å². The normalized spacial score (nSPS) is 29.9. The molecule has 3 fully saturated rings. The Hall–Kier alpha value is -4.56. The average Bonchev–Trinajstić information content (AvgIpc) is 3.58. The molecule has 2 aliphatic heterocycles. The van der Waals surface area contributed by atoms with E-state index in [-0.39, 0.29) is 43.0 Å². The number of hydrogen-bond acceptors (Lipinski definition) is 5. The van der Waals surface area contributed by atoms with Gasteiger partial charge in [0.2, 0.25) is 11.8 Å². The standard InChI is InChI=1S/C41H40N2O5/c1-42-36-31(22-30(28-16-8-4-9-17-28)29-18-10-5-11-19-29)33-23-35(44)41(32-20-12-13-21-34(32)43(26-47-2)39(41)46)37(36)40(33,38(42)45)25-48-24-27-14-6-3-7-15-27/h3-22,31,33,35-37,44H,23-26H2,1-2H3/t31-,33-,35-,36-,37+,40+,41-/m1/s1. The molecule has 2 amide bonds. The van der Waals surface area contributed by atoms with Crippen LogP contribution in [0.25, 0.3) is 5.57 Å². The van der Waals surface area contributed by atoms with E-state index in [2.05, 4.69) is 30.3 Å². The van der Waals surface area contributed by atoms with E-state index < -0.39 is 22.9 Å². The molecule has 7 atom stereocenters. The molecule has 1 spiro atoms. The average molecular weight is 641 g/mol. The Bertz CT molecular complexity index is 1820. The molecule has 4 aromatic carbocycles. The molecule has 244 valence electrons. The number of benzene rings is 4. The van der Waals surface area contributed by atoms with Crippen LogP contribution in [0, 0.1) is 23.2 Å². The van der Waals surface area contributed by atoms with Crippen molar-refractivity contribution in [2.24, 2.45) is 23.2 Å². The molecule has 8 rings (SSSR count). The first-order chi connectivity index (χ1) is 23.4. The van der Waals surface area contributed by atoms with E-state index in [0.717, 1.165) is 33.5 Å². The molecule has 7 nitrogen and oxygen atoms in total. The minimum absolute atomic E-state index is 0.0112. The molecule has 2 aliphatic carbocycles. The van der Waals surface area contributed by atoms with E-state index in [4.69, 9.17) is 9.47 Å². The first-order valence-electron chi connectivity index (χ1n) is 16.7. The van der Waals surface area contributed by atoms with E-state index in [1.54, 1.807) is 12.0 Å². The molecule has 2 heterocycles. The van der Waals surface area contributed by atoms with E-state index in [1.165, 1.54) is 0 Å². The molecule has 2 saturated carbocycles. The molecule has 1 N–H and O–H groups in total. The highest BCUT2D eigenvalue weighted by Gasteiger charge is 2.82. The molecule has 7 heteroatoms. The van der Waals surface area contributed by atoms with Crippen molar-refractivity contribution in [3.63, 3.8) is 0 Å². The Balaban J connectivity index is 1.33. The largest absolute Gasteiger partial charge is 0.392 e. The van der Waals surface area contributed by atoms with Crippen molar-refractivity contribution in [3.05, 3.63) is 144 Å². The minimum atomic E-state index is -1.34. The van der Waals surface area contributed by atoms with Crippen molar-refractivity contribution >= 4 is 23.1 Å². The number of methoxy groups -OCH3 is 1. The predicted octanol–water partition coefficient (Wildman–Crippen LogP) is 5.68. The third-order valence-electron chi connectivity index (χ3n) is 11.6. The van der Waals surface area contributed by atoms with Crippen molar-refractivity contribution in [1.29, 1.82) is 0 Å². The number of likely N-dealkylation sites (tertiary alicyclic amines) is 1. The van der Waals surface area contributed by atoms with Gasteiger partial charge in [-0.3, -0.25) is 14.5 Å². The summed E-state index contributed by atoms with van der Waals surface area (Å²) in [6.45, 7) is 0.558. The summed E-state index contributed by atoms with van der Waals surface area (Å²) in [4.78, 5) is 33.3. The lowest BCUT2D eigenvalue weighted by Crippen LogP contribution is -2.63. The number of anilines is 1. The van der Waals surface area contributed by atoms with Gasteiger partial charge in [-0.25, -0.2) is 0 Å². The second-order valence-electron chi connectivity index (χ2n) is 13.7. The predicted molar refractivity (Wildman–Crippen MR) is 184 cm³/mol. The van der Waals surface area contributed by atoms with Gasteiger partial charge in [0.05, 0.1) is 30.4 Å². The number of rotatable bonds is 9. The van der Waals surface area contributed by atoms with Gasteiger partial charge in [0.1, 0.15) is 12.1 Å². The molecular formula is C41H40N2O5. The van der Waals surface area contributed by atoms with Crippen LogP contribution in [-0.2, 0) is 31.1 Å². The van der Waals surface area contributed by atoms with E-state index in [1.807, 2.05) is 103 Å². The summed E-state index contributed by atoms with van der Waals surface area (Å²) in [5.41, 5.74) is 3.37. The third-order valence-corrected chi connectivity index (χ3v) is 11.6. The van der Waals surface area contributed by atoms with Crippen LogP contribution in [0.3, 0.4) is 0 Å². The lowest BCUT2D eigenvalue weighted by molar-refractivity contribution is -0.162. The number of hydrogen-bond donors (Lipinski definition) is 1. The van der Waals surface area contributed by atoms with Crippen LogP contribution in [0.5, 0.6) is 0 Å². The van der Waals surface area contributed by atoms with Crippen LogP contribution in [0.15, 0.2) is 121 Å². The van der Waals surface area contributed by atoms with Crippen molar-refractivity contribution in [2.75, 3.05) is 32.4 Å². The highest BCUT2D eigenvalue weighted by atomic mass is 16.5. The Kier molecular flexibility index (Phi) is 7.59. The van der Waals surface area contributed by atoms with Crippen molar-refractivity contribution in [2.45, 2.75) is 30.6 Å². The Labute approximate surface area is 281 Å². The van der Waals surface area contributed by atoms with Crippen LogP contribution in [0.4, 0.5) is 5.69 Å². The SMILES string of the molecule is COCN1C(=O)[C@]2(c3ccccc31)[C@H](O)C[C@@H]1[C@@H](C=C(c3ccccc3)c3ccccc3)[C@@H]3[C@H]2[C@@]1(COCc1ccccc1)C(=O)N3C. The summed E-state index contributed by atoms with van der Waals surface area (Å²) in [7, 11) is 3.43. The quantitative estimate of drug-likeness (QED) is 0.255. The Morgan fingerprint density at radius 2 is 1.46 bits per heavy atom. The molecule has 48 heavy (non-hydrogen) atoms. The molecule has 4 aromatic rings. The van der Waals surface area contributed by atoms with Gasteiger partial charge in [0.15, 0.2) is 0 Å². The summed E-state index contributed by atoms with van der Waals surface area (Å²) in [6.07, 6.45) is 1.61. The number of ether oxygens (including phenoxy) is 2. The van der Waals surface area contributed by atoms with Crippen LogP contribution >= 0.6 is 0 Å². The molecule has 0 radical (unpaired) electrons. The van der Waals surface area contributed by atoms with Crippen molar-refractivity contribution < 1.29 is 24.2 Å². The fourth-order valence-corrected chi connectivity index (χ4v) is 9.81. The van der Waals surface area contributed by atoms with Gasteiger partial charge in [0.25, 0.3) is 0 Å². The maximum Gasteiger partial charge on any atom is 0.242 e. The second-order valence-corrected chi connectivity index (χ2v) is 13.7. The van der Waals surface area contributed by atoms with Crippen LogP contribution < -0.4 is 4.90 Å². The van der Waals surface area contributed by atoms with Gasteiger partial charge in [-0.2, -0.15) is 0 Å². The molecule has 1 saturated heterocycles. The molecule has 4 bridgehead atoms. The number of piperidine rings is 1. The maximum atomic E-state index is 15.0. The summed E-state index contributed by atoms with van der Waals surface area (Å²) >= 11 is 0. The van der Waals surface area contributed by atoms with Crippen LogP contribution in [0.1, 0.15) is 28.7 Å². The van der Waals surface area contributed by atoms with Crippen molar-refractivity contribution in [1.82, 2.24) is 4.90 Å². The van der Waals surface area contributed by atoms with Gasteiger partial charge in [-0.15, -0.1) is 0 Å². The monoisotopic (exact) mass is 640 g/mol. The smallest absolute Gasteiger partial charge is 0.242 e. The zero-order valence-corrected chi connectivity index (χ0v) is 27.2. The van der Waals surface area contributed by atoms with E-state index in [9.17, 15) is 14.7 Å². The summed E-state index contributed by atoms with van der Waals surface area (Å²) < 4.78 is 12.1. The fraction of sp³-hybridized carbons (Fsp3) is 0.317. The van der Waals surface area contributed by atoms with Gasteiger partial charge >= 0.3 is 0 Å². The number of para-hydroxylation sites is 1. The fourth-order valence-electron chi connectivity index (χ4n) is 9.81. The number of nitrogens with zero attached hydrogens (tertiary/aromatic N) is 2. The van der Waals surface area contributed by atoms with Crippen LogP contribution in [-0.4, -0.2) is 61.5 Å². The minimum Gasteiger partial charge on any atom is -0.392 e. The van der Waals surface area contributed by atoms with Gasteiger partial charge < -0.3 is 19.5 Å². The number of carbonyl (C=O) groups excluding carboxylic acids is 2. The van der Waals surface area contributed by atoms with Gasteiger partial charge in [-0.05, 0) is 46.2 Å². The zero-order valence-electron chi connectivity index (χ0n) is 27.2. The number of aliphatic hydroxyl groups excluding tert-OH is 1. The molecule has 0 aromatic heterocycles. The molecule has 4 aliphatic rings. The summed E-state index contributed by atoms with van der Waals surface area (Å²) in [5.74, 6) is -1.14. The topological polar surface area (TPSA) is 79.3 Å². The maximum absolute atomic E-state index is 15.0. The number of amides is 2. The van der Waals surface area contributed by atoms with Gasteiger partial charge in [-0.1, -0.05) is 115 Å².